The molecular formula is C16H22N4O2. The van der Waals surface area contributed by atoms with E-state index in [1.54, 1.807) is 18.2 Å². The number of hydrogen-bond donors (Lipinski definition) is 1. The SMILES string of the molecule is Cc1nn(C(C)(C)C)cc1C(C)Nc1ccccc1[N+](=O)[O-]. The van der Waals surface area contributed by atoms with Gasteiger partial charge in [0.05, 0.1) is 22.2 Å². The second-order valence-corrected chi connectivity index (χ2v) is 6.43. The van der Waals surface area contributed by atoms with Gasteiger partial charge in [-0.2, -0.15) is 5.10 Å². The molecule has 1 N–H and O–H groups in total. The third kappa shape index (κ3) is 3.27. The minimum Gasteiger partial charge on any atom is -0.373 e. The minimum atomic E-state index is -0.375. The molecule has 0 radical (unpaired) electrons. The summed E-state index contributed by atoms with van der Waals surface area (Å²) in [6, 6.07) is 6.60. The molecule has 6 heteroatoms. The van der Waals surface area contributed by atoms with E-state index in [0.29, 0.717) is 5.69 Å². The first-order valence-corrected chi connectivity index (χ1v) is 7.26. The van der Waals surface area contributed by atoms with Gasteiger partial charge in [0.1, 0.15) is 5.69 Å². The zero-order valence-corrected chi connectivity index (χ0v) is 13.6. The summed E-state index contributed by atoms with van der Waals surface area (Å²) < 4.78 is 1.93. The molecule has 1 aromatic heterocycles. The third-order valence-corrected chi connectivity index (χ3v) is 3.56. The van der Waals surface area contributed by atoms with E-state index in [0.717, 1.165) is 11.3 Å². The molecule has 0 bridgehead atoms. The van der Waals surface area contributed by atoms with Crippen molar-refractivity contribution in [3.8, 4) is 0 Å². The molecule has 1 atom stereocenters. The van der Waals surface area contributed by atoms with Crippen molar-refractivity contribution in [2.45, 2.75) is 46.2 Å². The van der Waals surface area contributed by atoms with Crippen LogP contribution < -0.4 is 5.32 Å². The van der Waals surface area contributed by atoms with Crippen LogP contribution in [0.1, 0.15) is 45.0 Å². The molecule has 1 heterocycles. The molecule has 1 aromatic carbocycles. The summed E-state index contributed by atoms with van der Waals surface area (Å²) in [5.74, 6) is 0. The van der Waals surface area contributed by atoms with Crippen LogP contribution >= 0.6 is 0 Å². The van der Waals surface area contributed by atoms with E-state index >= 15 is 0 Å². The van der Waals surface area contributed by atoms with E-state index in [2.05, 4.69) is 31.2 Å². The maximum Gasteiger partial charge on any atom is 0.292 e. The highest BCUT2D eigenvalue weighted by Crippen LogP contribution is 2.29. The largest absolute Gasteiger partial charge is 0.373 e. The minimum absolute atomic E-state index is 0.0720. The van der Waals surface area contributed by atoms with Gasteiger partial charge in [0.25, 0.3) is 5.69 Å². The molecule has 0 aliphatic carbocycles. The number of hydrogen-bond acceptors (Lipinski definition) is 4. The quantitative estimate of drug-likeness (QED) is 0.683. The fourth-order valence-corrected chi connectivity index (χ4v) is 2.31. The Morgan fingerprint density at radius 2 is 1.95 bits per heavy atom. The van der Waals surface area contributed by atoms with Crippen molar-refractivity contribution in [3.63, 3.8) is 0 Å². The van der Waals surface area contributed by atoms with Crippen molar-refractivity contribution in [1.29, 1.82) is 0 Å². The van der Waals surface area contributed by atoms with Gasteiger partial charge in [-0.05, 0) is 40.7 Å². The van der Waals surface area contributed by atoms with Gasteiger partial charge in [0.15, 0.2) is 0 Å². The van der Waals surface area contributed by atoms with Crippen LogP contribution in [0.5, 0.6) is 0 Å². The normalized spacial score (nSPS) is 13.0. The van der Waals surface area contributed by atoms with Gasteiger partial charge in [0.2, 0.25) is 0 Å². The molecule has 0 aliphatic rings. The number of nitro benzene ring substituents is 1. The number of anilines is 1. The lowest BCUT2D eigenvalue weighted by molar-refractivity contribution is -0.384. The molecule has 118 valence electrons. The second-order valence-electron chi connectivity index (χ2n) is 6.43. The van der Waals surface area contributed by atoms with Crippen LogP contribution in [-0.2, 0) is 5.54 Å². The smallest absolute Gasteiger partial charge is 0.292 e. The molecule has 2 aromatic rings. The fourth-order valence-electron chi connectivity index (χ4n) is 2.31. The van der Waals surface area contributed by atoms with E-state index in [1.807, 2.05) is 24.7 Å². The lowest BCUT2D eigenvalue weighted by Gasteiger charge is -2.19. The predicted octanol–water partition coefficient (Wildman–Crippen LogP) is 4.03. The van der Waals surface area contributed by atoms with E-state index in [9.17, 15) is 10.1 Å². The van der Waals surface area contributed by atoms with Crippen LogP contribution in [0.15, 0.2) is 30.5 Å². The van der Waals surface area contributed by atoms with Crippen LogP contribution in [0.25, 0.3) is 0 Å². The lowest BCUT2D eigenvalue weighted by atomic mass is 10.1. The molecule has 1 unspecified atom stereocenters. The summed E-state index contributed by atoms with van der Waals surface area (Å²) in [5.41, 5.74) is 2.46. The molecule has 0 fully saturated rings. The Morgan fingerprint density at radius 3 is 2.50 bits per heavy atom. The lowest BCUT2D eigenvalue weighted by Crippen LogP contribution is -2.22. The van der Waals surface area contributed by atoms with Crippen molar-refractivity contribution in [2.24, 2.45) is 0 Å². The number of para-hydroxylation sites is 2. The Bertz CT molecular complexity index is 686. The highest BCUT2D eigenvalue weighted by atomic mass is 16.6. The van der Waals surface area contributed by atoms with E-state index in [1.165, 1.54) is 6.07 Å². The summed E-state index contributed by atoms with van der Waals surface area (Å²) in [5, 5.41) is 18.9. The first-order chi connectivity index (χ1) is 10.2. The molecule has 0 saturated heterocycles. The monoisotopic (exact) mass is 302 g/mol. The Labute approximate surface area is 130 Å². The molecule has 0 aliphatic heterocycles. The Hall–Kier alpha value is -2.37. The number of aryl methyl sites for hydroxylation is 1. The number of nitrogens with one attached hydrogen (secondary N) is 1. The summed E-state index contributed by atoms with van der Waals surface area (Å²) >= 11 is 0. The molecule has 2 rings (SSSR count). The summed E-state index contributed by atoms with van der Waals surface area (Å²) in [6.07, 6.45) is 2.00. The van der Waals surface area contributed by atoms with Crippen LogP contribution in [0.3, 0.4) is 0 Å². The van der Waals surface area contributed by atoms with Gasteiger partial charge in [-0.15, -0.1) is 0 Å². The van der Waals surface area contributed by atoms with Gasteiger partial charge in [-0.3, -0.25) is 14.8 Å². The Balaban J connectivity index is 2.29. The van der Waals surface area contributed by atoms with E-state index in [-0.39, 0.29) is 22.2 Å². The number of aromatic nitrogens is 2. The van der Waals surface area contributed by atoms with Crippen molar-refractivity contribution in [1.82, 2.24) is 9.78 Å². The first-order valence-electron chi connectivity index (χ1n) is 7.26. The fraction of sp³-hybridized carbons (Fsp3) is 0.438. The van der Waals surface area contributed by atoms with Crippen LogP contribution in [0, 0.1) is 17.0 Å². The van der Waals surface area contributed by atoms with Crippen molar-refractivity contribution >= 4 is 11.4 Å². The standard InChI is InChI=1S/C16H22N4O2/c1-11(13-10-19(16(3,4)5)18-12(13)2)17-14-8-6-7-9-15(14)20(21)22/h6-11,17H,1-5H3. The van der Waals surface area contributed by atoms with Crippen molar-refractivity contribution in [3.05, 3.63) is 51.8 Å². The first kappa shape index (κ1) is 16.0. The van der Waals surface area contributed by atoms with Gasteiger partial charge >= 0.3 is 0 Å². The maximum atomic E-state index is 11.1. The van der Waals surface area contributed by atoms with Gasteiger partial charge in [-0.25, -0.2) is 0 Å². The maximum absolute atomic E-state index is 11.1. The summed E-state index contributed by atoms with van der Waals surface area (Å²) in [7, 11) is 0. The number of rotatable bonds is 4. The van der Waals surface area contributed by atoms with Crippen LogP contribution in [-0.4, -0.2) is 14.7 Å². The number of nitro groups is 1. The zero-order chi connectivity index (χ0) is 16.5. The van der Waals surface area contributed by atoms with Crippen molar-refractivity contribution in [2.75, 3.05) is 5.32 Å². The van der Waals surface area contributed by atoms with Crippen molar-refractivity contribution < 1.29 is 4.92 Å². The van der Waals surface area contributed by atoms with Crippen LogP contribution in [0.2, 0.25) is 0 Å². The highest BCUT2D eigenvalue weighted by molar-refractivity contribution is 5.62. The molecule has 22 heavy (non-hydrogen) atoms. The molecular weight excluding hydrogens is 280 g/mol. The number of nitrogens with zero attached hydrogens (tertiary/aromatic N) is 3. The zero-order valence-electron chi connectivity index (χ0n) is 13.6. The summed E-state index contributed by atoms with van der Waals surface area (Å²) in [4.78, 5) is 10.7. The number of benzene rings is 1. The third-order valence-electron chi connectivity index (χ3n) is 3.56. The summed E-state index contributed by atoms with van der Waals surface area (Å²) in [6.45, 7) is 10.2. The van der Waals surface area contributed by atoms with Gasteiger partial charge < -0.3 is 5.32 Å². The van der Waals surface area contributed by atoms with E-state index in [4.69, 9.17) is 0 Å². The van der Waals surface area contributed by atoms with Gasteiger partial charge in [0, 0.05) is 17.8 Å². The topological polar surface area (TPSA) is 73.0 Å². The molecule has 0 spiro atoms. The van der Waals surface area contributed by atoms with Crippen LogP contribution in [0.4, 0.5) is 11.4 Å². The highest BCUT2D eigenvalue weighted by Gasteiger charge is 2.21. The predicted molar refractivity (Wildman–Crippen MR) is 87.1 cm³/mol. The Kier molecular flexibility index (Phi) is 4.21. The average molecular weight is 302 g/mol. The molecule has 6 nitrogen and oxygen atoms in total. The molecule has 0 saturated carbocycles. The molecule has 0 amide bonds. The second kappa shape index (κ2) is 5.79. The Morgan fingerprint density at radius 1 is 1.32 bits per heavy atom. The average Bonchev–Trinajstić information content (AvgIpc) is 2.81. The van der Waals surface area contributed by atoms with E-state index < -0.39 is 0 Å². The van der Waals surface area contributed by atoms with Gasteiger partial charge in [-0.1, -0.05) is 12.1 Å².